The van der Waals surface area contributed by atoms with E-state index in [1.807, 2.05) is 12.1 Å². The van der Waals surface area contributed by atoms with Crippen molar-refractivity contribution in [2.75, 3.05) is 11.9 Å². The lowest BCUT2D eigenvalue weighted by Crippen LogP contribution is -2.24. The molecule has 16 heavy (non-hydrogen) atoms. The highest BCUT2D eigenvalue weighted by Gasteiger charge is 2.36. The zero-order valence-electron chi connectivity index (χ0n) is 7.99. The van der Waals surface area contributed by atoms with E-state index in [-0.39, 0.29) is 5.78 Å². The molecular formula is C10H7Br4NO. The second-order valence-corrected chi connectivity index (χ2v) is 9.06. The fraction of sp³-hybridized carbons (Fsp3) is 0.300. The molecule has 0 fully saturated rings. The lowest BCUT2D eigenvalue weighted by atomic mass is 10.1. The third kappa shape index (κ3) is 2.40. The molecule has 1 aliphatic rings. The summed E-state index contributed by atoms with van der Waals surface area (Å²) in [5.41, 5.74) is 1.53. The van der Waals surface area contributed by atoms with E-state index in [0.29, 0.717) is 12.0 Å². The van der Waals surface area contributed by atoms with Gasteiger partial charge in [0.2, 0.25) is 0 Å². The van der Waals surface area contributed by atoms with Gasteiger partial charge in [0.25, 0.3) is 0 Å². The maximum atomic E-state index is 12.3. The van der Waals surface area contributed by atoms with Gasteiger partial charge >= 0.3 is 0 Å². The maximum Gasteiger partial charge on any atom is 0.192 e. The van der Waals surface area contributed by atoms with Crippen molar-refractivity contribution >= 4 is 75.2 Å². The molecule has 0 aliphatic carbocycles. The van der Waals surface area contributed by atoms with Crippen molar-refractivity contribution in [3.05, 3.63) is 26.6 Å². The van der Waals surface area contributed by atoms with Crippen LogP contribution in [0.1, 0.15) is 16.8 Å². The van der Waals surface area contributed by atoms with Gasteiger partial charge in [-0.1, -0.05) is 47.8 Å². The fourth-order valence-corrected chi connectivity index (χ4v) is 3.78. The van der Waals surface area contributed by atoms with E-state index in [2.05, 4.69) is 69.0 Å². The monoisotopic (exact) mass is 473 g/mol. The van der Waals surface area contributed by atoms with Crippen molar-refractivity contribution in [1.82, 2.24) is 0 Å². The number of halogens is 4. The SMILES string of the molecule is O=C1c2cc(Br)cc(Br)c2NCCC1(Br)Br. The van der Waals surface area contributed by atoms with Gasteiger partial charge in [-0.3, -0.25) is 4.79 Å². The molecule has 0 spiro atoms. The first-order chi connectivity index (χ1) is 7.42. The van der Waals surface area contributed by atoms with Crippen LogP contribution in [-0.2, 0) is 0 Å². The maximum absolute atomic E-state index is 12.3. The van der Waals surface area contributed by atoms with Gasteiger partial charge in [-0.05, 0) is 34.5 Å². The van der Waals surface area contributed by atoms with Crippen molar-refractivity contribution in [1.29, 1.82) is 0 Å². The Labute approximate surface area is 127 Å². The van der Waals surface area contributed by atoms with E-state index in [1.165, 1.54) is 0 Å². The van der Waals surface area contributed by atoms with Crippen LogP contribution in [0.5, 0.6) is 0 Å². The van der Waals surface area contributed by atoms with Gasteiger partial charge in [-0.25, -0.2) is 0 Å². The number of hydrogen-bond donors (Lipinski definition) is 1. The molecule has 0 aromatic heterocycles. The standard InChI is InChI=1S/C10H7Br4NO/c11-5-3-6-8(7(12)4-5)15-2-1-10(13,14)9(6)16/h3-4,15H,1-2H2. The third-order valence-corrected chi connectivity index (χ3v) is 4.97. The quantitative estimate of drug-likeness (QED) is 0.550. The Morgan fingerprint density at radius 1 is 1.25 bits per heavy atom. The summed E-state index contributed by atoms with van der Waals surface area (Å²) in [6.07, 6.45) is 0.685. The topological polar surface area (TPSA) is 29.1 Å². The summed E-state index contributed by atoms with van der Waals surface area (Å²) in [6, 6.07) is 3.76. The molecule has 2 rings (SSSR count). The van der Waals surface area contributed by atoms with Gasteiger partial charge in [0, 0.05) is 21.1 Å². The van der Waals surface area contributed by atoms with Crippen molar-refractivity contribution in [2.24, 2.45) is 0 Å². The number of Topliss-reactive ketones (excluding diaryl/α,β-unsaturated/α-hetero) is 1. The van der Waals surface area contributed by atoms with Gasteiger partial charge in [-0.15, -0.1) is 0 Å². The molecule has 0 unspecified atom stereocenters. The lowest BCUT2D eigenvalue weighted by molar-refractivity contribution is 0.0983. The van der Waals surface area contributed by atoms with Crippen molar-refractivity contribution in [2.45, 2.75) is 9.65 Å². The summed E-state index contributed by atoms with van der Waals surface area (Å²) in [4.78, 5) is 12.3. The highest BCUT2D eigenvalue weighted by atomic mass is 79.9. The molecule has 0 saturated carbocycles. The molecule has 6 heteroatoms. The second-order valence-electron chi connectivity index (χ2n) is 3.52. The Balaban J connectivity index is 2.62. The molecule has 1 aromatic carbocycles. The first-order valence-corrected chi connectivity index (χ1v) is 7.74. The number of anilines is 1. The van der Waals surface area contributed by atoms with Gasteiger partial charge in [-0.2, -0.15) is 0 Å². The molecule has 86 valence electrons. The van der Waals surface area contributed by atoms with Gasteiger partial charge in [0.15, 0.2) is 5.78 Å². The minimum Gasteiger partial charge on any atom is -0.383 e. The normalized spacial score (nSPS) is 18.6. The van der Waals surface area contributed by atoms with E-state index in [9.17, 15) is 4.79 Å². The smallest absolute Gasteiger partial charge is 0.192 e. The van der Waals surface area contributed by atoms with Gasteiger partial charge in [0.1, 0.15) is 3.23 Å². The number of fused-ring (bicyclic) bond motifs is 1. The van der Waals surface area contributed by atoms with Crippen LogP contribution >= 0.6 is 63.7 Å². The average Bonchev–Trinajstić information content (AvgIpc) is 2.28. The molecular weight excluding hydrogens is 470 g/mol. The van der Waals surface area contributed by atoms with E-state index < -0.39 is 3.23 Å². The van der Waals surface area contributed by atoms with Crippen LogP contribution in [0.15, 0.2) is 21.1 Å². The molecule has 1 N–H and O–H groups in total. The van der Waals surface area contributed by atoms with Crippen LogP contribution in [-0.4, -0.2) is 15.6 Å². The summed E-state index contributed by atoms with van der Waals surface area (Å²) in [5.74, 6) is 0.0366. The number of ketones is 1. The number of benzene rings is 1. The Kier molecular flexibility index (Phi) is 3.84. The Morgan fingerprint density at radius 3 is 2.62 bits per heavy atom. The van der Waals surface area contributed by atoms with E-state index >= 15 is 0 Å². The largest absolute Gasteiger partial charge is 0.383 e. The van der Waals surface area contributed by atoms with E-state index in [4.69, 9.17) is 0 Å². The van der Waals surface area contributed by atoms with Crippen molar-refractivity contribution < 1.29 is 4.79 Å². The molecule has 0 atom stereocenters. The number of alkyl halides is 2. The first kappa shape index (κ1) is 13.1. The van der Waals surface area contributed by atoms with Gasteiger partial charge in [0.05, 0.1) is 5.69 Å². The van der Waals surface area contributed by atoms with Crippen LogP contribution in [0.3, 0.4) is 0 Å². The van der Waals surface area contributed by atoms with Crippen LogP contribution in [0.2, 0.25) is 0 Å². The van der Waals surface area contributed by atoms with E-state index in [1.54, 1.807) is 0 Å². The number of rotatable bonds is 0. The Bertz CT molecular complexity index is 458. The summed E-state index contributed by atoms with van der Waals surface area (Å²) < 4.78 is 1.10. The number of carbonyl (C=O) groups excluding carboxylic acids is 1. The third-order valence-electron chi connectivity index (χ3n) is 2.37. The molecule has 0 saturated heterocycles. The van der Waals surface area contributed by atoms with Crippen molar-refractivity contribution in [3.8, 4) is 0 Å². The van der Waals surface area contributed by atoms with Crippen LogP contribution in [0.4, 0.5) is 5.69 Å². The molecule has 0 bridgehead atoms. The first-order valence-electron chi connectivity index (χ1n) is 4.57. The summed E-state index contributed by atoms with van der Waals surface area (Å²) in [7, 11) is 0. The number of hydrogen-bond acceptors (Lipinski definition) is 2. The number of nitrogens with one attached hydrogen (secondary N) is 1. The minimum atomic E-state index is -0.668. The predicted octanol–water partition coefficient (Wildman–Crippen LogP) is 4.70. The van der Waals surface area contributed by atoms with Crippen LogP contribution in [0.25, 0.3) is 0 Å². The average molecular weight is 477 g/mol. The summed E-state index contributed by atoms with van der Waals surface area (Å²) in [6.45, 7) is 0.732. The van der Waals surface area contributed by atoms with E-state index in [0.717, 1.165) is 21.2 Å². The molecule has 1 aliphatic heterocycles. The fourth-order valence-electron chi connectivity index (χ4n) is 1.59. The Morgan fingerprint density at radius 2 is 1.94 bits per heavy atom. The number of carbonyl (C=O) groups is 1. The predicted molar refractivity (Wildman–Crippen MR) is 79.9 cm³/mol. The molecule has 1 aromatic rings. The lowest BCUT2D eigenvalue weighted by Gasteiger charge is -2.15. The van der Waals surface area contributed by atoms with Gasteiger partial charge < -0.3 is 5.32 Å². The minimum absolute atomic E-state index is 0.0366. The zero-order valence-corrected chi connectivity index (χ0v) is 14.3. The molecule has 1 heterocycles. The summed E-state index contributed by atoms with van der Waals surface area (Å²) in [5, 5.41) is 3.26. The molecule has 2 nitrogen and oxygen atoms in total. The van der Waals surface area contributed by atoms with Crippen LogP contribution in [0, 0.1) is 0 Å². The highest BCUT2D eigenvalue weighted by Crippen LogP contribution is 2.41. The molecule has 0 radical (unpaired) electrons. The highest BCUT2D eigenvalue weighted by molar-refractivity contribution is 9.26. The summed E-state index contributed by atoms with van der Waals surface area (Å²) >= 11 is 13.7. The van der Waals surface area contributed by atoms with Crippen molar-refractivity contribution in [3.63, 3.8) is 0 Å². The van der Waals surface area contributed by atoms with Crippen LogP contribution < -0.4 is 5.32 Å². The Hall–Kier alpha value is 0.610. The second kappa shape index (κ2) is 4.71. The zero-order chi connectivity index (χ0) is 11.9. The molecule has 0 amide bonds.